The highest BCUT2D eigenvalue weighted by Crippen LogP contribution is 2.13. The van der Waals surface area contributed by atoms with E-state index in [0.29, 0.717) is 5.69 Å². The fourth-order valence-electron chi connectivity index (χ4n) is 1.32. The Morgan fingerprint density at radius 3 is 2.94 bits per heavy atom. The molecule has 0 atom stereocenters. The van der Waals surface area contributed by atoms with Gasteiger partial charge in [-0.25, -0.2) is 4.98 Å². The quantitative estimate of drug-likeness (QED) is 0.798. The van der Waals surface area contributed by atoms with Crippen LogP contribution in [0, 0.1) is 11.3 Å². The lowest BCUT2D eigenvalue weighted by molar-refractivity contribution is 0.942. The van der Waals surface area contributed by atoms with Crippen LogP contribution in [0.4, 0.5) is 0 Å². The predicted octanol–water partition coefficient (Wildman–Crippen LogP) is 1.87. The SMILES string of the molecule is N#Cc1nccn(-c2cccc(Br)c2)c1=O. The van der Waals surface area contributed by atoms with E-state index in [1.54, 1.807) is 18.2 Å². The number of hydrogen-bond donors (Lipinski definition) is 0. The second kappa shape index (κ2) is 4.29. The standard InChI is InChI=1S/C11H6BrN3O/c12-8-2-1-3-9(6-8)15-5-4-14-10(7-13)11(15)16/h1-6H. The van der Waals surface area contributed by atoms with Crippen molar-refractivity contribution in [1.82, 2.24) is 9.55 Å². The Balaban J connectivity index is 2.67. The van der Waals surface area contributed by atoms with Crippen molar-refractivity contribution in [3.63, 3.8) is 0 Å². The Morgan fingerprint density at radius 1 is 1.44 bits per heavy atom. The first-order valence-electron chi connectivity index (χ1n) is 4.46. The lowest BCUT2D eigenvalue weighted by Crippen LogP contribution is -2.21. The predicted molar refractivity (Wildman–Crippen MR) is 62.2 cm³/mol. The van der Waals surface area contributed by atoms with Gasteiger partial charge in [-0.05, 0) is 18.2 Å². The van der Waals surface area contributed by atoms with Gasteiger partial charge in [0, 0.05) is 22.6 Å². The van der Waals surface area contributed by atoms with E-state index < -0.39 is 5.56 Å². The molecule has 0 aliphatic carbocycles. The summed E-state index contributed by atoms with van der Waals surface area (Å²) in [7, 11) is 0. The number of rotatable bonds is 1. The van der Waals surface area contributed by atoms with Crippen LogP contribution in [0.15, 0.2) is 45.9 Å². The first-order valence-corrected chi connectivity index (χ1v) is 5.25. The van der Waals surface area contributed by atoms with Crippen LogP contribution < -0.4 is 5.56 Å². The lowest BCUT2D eigenvalue weighted by Gasteiger charge is -2.05. The molecule has 0 aliphatic rings. The maximum atomic E-state index is 11.8. The zero-order valence-electron chi connectivity index (χ0n) is 8.09. The van der Waals surface area contributed by atoms with Gasteiger partial charge < -0.3 is 0 Å². The number of nitriles is 1. The smallest absolute Gasteiger partial charge is 0.280 e. The van der Waals surface area contributed by atoms with E-state index in [1.807, 2.05) is 12.1 Å². The van der Waals surface area contributed by atoms with Crippen LogP contribution in [0.25, 0.3) is 5.69 Å². The van der Waals surface area contributed by atoms with E-state index in [9.17, 15) is 4.79 Å². The molecule has 0 unspecified atom stereocenters. The summed E-state index contributed by atoms with van der Waals surface area (Å²) >= 11 is 3.32. The van der Waals surface area contributed by atoms with E-state index in [0.717, 1.165) is 4.47 Å². The molecule has 0 spiro atoms. The summed E-state index contributed by atoms with van der Waals surface area (Å²) in [6, 6.07) is 9.02. The Morgan fingerprint density at radius 2 is 2.25 bits per heavy atom. The van der Waals surface area contributed by atoms with Crippen molar-refractivity contribution in [3.8, 4) is 11.8 Å². The second-order valence-electron chi connectivity index (χ2n) is 3.04. The largest absolute Gasteiger partial charge is 0.291 e. The number of benzene rings is 1. The summed E-state index contributed by atoms with van der Waals surface area (Å²) < 4.78 is 2.25. The molecule has 0 amide bonds. The molecule has 16 heavy (non-hydrogen) atoms. The number of halogens is 1. The van der Waals surface area contributed by atoms with Crippen molar-refractivity contribution in [2.24, 2.45) is 0 Å². The average Bonchev–Trinajstić information content (AvgIpc) is 2.29. The molecule has 0 fully saturated rings. The van der Waals surface area contributed by atoms with E-state index in [4.69, 9.17) is 5.26 Å². The molecule has 1 heterocycles. The van der Waals surface area contributed by atoms with Crippen molar-refractivity contribution in [2.45, 2.75) is 0 Å². The van der Waals surface area contributed by atoms with E-state index in [-0.39, 0.29) is 5.69 Å². The lowest BCUT2D eigenvalue weighted by atomic mass is 10.3. The Bertz CT molecular complexity index is 628. The molecule has 0 radical (unpaired) electrons. The van der Waals surface area contributed by atoms with E-state index in [1.165, 1.54) is 17.0 Å². The van der Waals surface area contributed by atoms with Gasteiger partial charge in [0.1, 0.15) is 6.07 Å². The third-order valence-corrected chi connectivity index (χ3v) is 2.53. The Kier molecular flexibility index (Phi) is 2.84. The summed E-state index contributed by atoms with van der Waals surface area (Å²) in [5.41, 5.74) is 0.170. The molecule has 1 aromatic carbocycles. The molecule has 0 N–H and O–H groups in total. The minimum absolute atomic E-state index is 0.109. The van der Waals surface area contributed by atoms with Gasteiger partial charge in [-0.1, -0.05) is 22.0 Å². The summed E-state index contributed by atoms with van der Waals surface area (Å²) in [6.07, 6.45) is 2.96. The van der Waals surface area contributed by atoms with Crippen LogP contribution in [0.3, 0.4) is 0 Å². The fourth-order valence-corrected chi connectivity index (χ4v) is 1.70. The maximum Gasteiger partial charge on any atom is 0.291 e. The molecule has 0 aliphatic heterocycles. The van der Waals surface area contributed by atoms with E-state index >= 15 is 0 Å². The molecule has 78 valence electrons. The van der Waals surface area contributed by atoms with Crippen molar-refractivity contribution < 1.29 is 0 Å². The maximum absolute atomic E-state index is 11.8. The molecule has 0 saturated carbocycles. The highest BCUT2D eigenvalue weighted by Gasteiger charge is 2.05. The average molecular weight is 276 g/mol. The zero-order chi connectivity index (χ0) is 11.5. The normalized spacial score (nSPS) is 9.75. The second-order valence-corrected chi connectivity index (χ2v) is 3.96. The Hall–Kier alpha value is -1.93. The van der Waals surface area contributed by atoms with E-state index in [2.05, 4.69) is 20.9 Å². The van der Waals surface area contributed by atoms with Crippen LogP contribution in [0.2, 0.25) is 0 Å². The summed E-state index contributed by atoms with van der Waals surface area (Å²) in [5, 5.41) is 8.71. The molecule has 0 bridgehead atoms. The topological polar surface area (TPSA) is 58.7 Å². The molecule has 5 heteroatoms. The number of hydrogen-bond acceptors (Lipinski definition) is 3. The van der Waals surface area contributed by atoms with Gasteiger partial charge in [-0.2, -0.15) is 5.26 Å². The molecule has 1 aromatic heterocycles. The fraction of sp³-hybridized carbons (Fsp3) is 0. The number of aromatic nitrogens is 2. The van der Waals surface area contributed by atoms with Gasteiger partial charge in [0.25, 0.3) is 5.56 Å². The molecular weight excluding hydrogens is 270 g/mol. The molecule has 2 rings (SSSR count). The van der Waals surface area contributed by atoms with Crippen molar-refractivity contribution >= 4 is 15.9 Å². The van der Waals surface area contributed by atoms with Crippen molar-refractivity contribution in [3.05, 3.63) is 57.2 Å². The van der Waals surface area contributed by atoms with Gasteiger partial charge in [0.15, 0.2) is 0 Å². The van der Waals surface area contributed by atoms with Crippen LogP contribution >= 0.6 is 15.9 Å². The third kappa shape index (κ3) is 1.88. The van der Waals surface area contributed by atoms with Crippen molar-refractivity contribution in [1.29, 1.82) is 5.26 Å². The number of nitrogens with zero attached hydrogens (tertiary/aromatic N) is 3. The summed E-state index contributed by atoms with van der Waals surface area (Å²) in [6.45, 7) is 0. The third-order valence-electron chi connectivity index (χ3n) is 2.03. The zero-order valence-corrected chi connectivity index (χ0v) is 9.68. The summed E-state index contributed by atoms with van der Waals surface area (Å²) in [5.74, 6) is 0. The van der Waals surface area contributed by atoms with Gasteiger partial charge in [0.05, 0.1) is 0 Å². The van der Waals surface area contributed by atoms with Gasteiger partial charge in [-0.15, -0.1) is 0 Å². The molecule has 4 nitrogen and oxygen atoms in total. The van der Waals surface area contributed by atoms with Crippen LogP contribution in [0.1, 0.15) is 5.69 Å². The van der Waals surface area contributed by atoms with Crippen LogP contribution in [-0.2, 0) is 0 Å². The minimum atomic E-state index is -0.414. The summed E-state index contributed by atoms with van der Waals surface area (Å²) in [4.78, 5) is 15.5. The monoisotopic (exact) mass is 275 g/mol. The highest BCUT2D eigenvalue weighted by atomic mass is 79.9. The Labute approximate surface area is 99.9 Å². The van der Waals surface area contributed by atoms with Gasteiger partial charge in [-0.3, -0.25) is 9.36 Å². The first kappa shape index (κ1) is 10.6. The van der Waals surface area contributed by atoms with Crippen LogP contribution in [0.5, 0.6) is 0 Å². The molecular formula is C11H6BrN3O. The van der Waals surface area contributed by atoms with Crippen LogP contribution in [-0.4, -0.2) is 9.55 Å². The minimum Gasteiger partial charge on any atom is -0.280 e. The van der Waals surface area contributed by atoms with Gasteiger partial charge in [0.2, 0.25) is 5.69 Å². The molecule has 2 aromatic rings. The first-order chi connectivity index (χ1) is 7.72. The highest BCUT2D eigenvalue weighted by molar-refractivity contribution is 9.10. The van der Waals surface area contributed by atoms with Gasteiger partial charge >= 0.3 is 0 Å². The van der Waals surface area contributed by atoms with Crippen molar-refractivity contribution in [2.75, 3.05) is 0 Å². The molecule has 0 saturated heterocycles.